The molecule has 1 atom stereocenters. The lowest BCUT2D eigenvalue weighted by molar-refractivity contribution is -0.135. The molecule has 0 saturated carbocycles. The smallest absolute Gasteiger partial charge is 0.243 e. The number of nitrogens with zero attached hydrogens (tertiary/aromatic N) is 3. The summed E-state index contributed by atoms with van der Waals surface area (Å²) < 4.78 is 19.8. The lowest BCUT2D eigenvalue weighted by Gasteiger charge is -2.27. The largest absolute Gasteiger partial charge is 0.448 e. The van der Waals surface area contributed by atoms with Crippen molar-refractivity contribution in [3.8, 4) is 0 Å². The maximum Gasteiger partial charge on any atom is 0.243 e. The van der Waals surface area contributed by atoms with Crippen LogP contribution in [0.15, 0.2) is 53.6 Å². The summed E-state index contributed by atoms with van der Waals surface area (Å²) in [6, 6.07) is 13.5. The van der Waals surface area contributed by atoms with E-state index in [1.807, 2.05) is 31.2 Å². The summed E-state index contributed by atoms with van der Waals surface area (Å²) in [6.07, 6.45) is -0.845. The molecule has 1 aliphatic rings. The number of halogens is 1. The molecule has 2 aromatic carbocycles. The predicted octanol–water partition coefficient (Wildman–Crippen LogP) is 3.05. The molecule has 6 nitrogen and oxygen atoms in total. The van der Waals surface area contributed by atoms with Gasteiger partial charge >= 0.3 is 0 Å². The van der Waals surface area contributed by atoms with Crippen molar-refractivity contribution in [2.24, 2.45) is 5.10 Å². The van der Waals surface area contributed by atoms with Crippen LogP contribution in [0.4, 0.5) is 10.1 Å². The molecule has 7 heteroatoms. The van der Waals surface area contributed by atoms with E-state index in [1.54, 1.807) is 12.1 Å². The molecule has 0 radical (unpaired) electrons. The number of carbonyl (C=O) groups excluding carboxylic acids is 2. The Hall–Kier alpha value is -3.22. The third kappa shape index (κ3) is 3.97. The van der Waals surface area contributed by atoms with Crippen molar-refractivity contribution in [2.75, 3.05) is 11.4 Å². The number of amides is 2. The van der Waals surface area contributed by atoms with Gasteiger partial charge in [0, 0.05) is 19.5 Å². The first kappa shape index (κ1) is 18.6. The lowest BCUT2D eigenvalue weighted by atomic mass is 10.2. The van der Waals surface area contributed by atoms with Crippen molar-refractivity contribution < 1.29 is 18.7 Å². The summed E-state index contributed by atoms with van der Waals surface area (Å²) in [4.78, 5) is 25.7. The maximum atomic E-state index is 14.1. The Balaban J connectivity index is 1.87. The van der Waals surface area contributed by atoms with E-state index in [2.05, 4.69) is 5.10 Å². The number of hydrogen-bond acceptors (Lipinski definition) is 4. The van der Waals surface area contributed by atoms with E-state index in [4.69, 9.17) is 4.74 Å². The average molecular weight is 369 g/mol. The molecule has 1 unspecified atom stereocenters. The fraction of sp³-hybridized carbons (Fsp3) is 0.250. The summed E-state index contributed by atoms with van der Waals surface area (Å²) in [5, 5.41) is 5.25. The van der Waals surface area contributed by atoms with Crippen LogP contribution >= 0.6 is 0 Å². The number of anilines is 1. The number of hydrazone groups is 1. The third-order valence-corrected chi connectivity index (χ3v) is 4.21. The highest BCUT2D eigenvalue weighted by Crippen LogP contribution is 2.23. The molecule has 27 heavy (non-hydrogen) atoms. The average Bonchev–Trinajstić information content (AvgIpc) is 3.05. The van der Waals surface area contributed by atoms with E-state index < -0.39 is 12.0 Å². The van der Waals surface area contributed by atoms with E-state index in [0.29, 0.717) is 5.69 Å². The highest BCUT2D eigenvalue weighted by atomic mass is 19.1. The van der Waals surface area contributed by atoms with Crippen LogP contribution in [0.25, 0.3) is 0 Å². The van der Waals surface area contributed by atoms with Crippen molar-refractivity contribution in [2.45, 2.75) is 27.0 Å². The topological polar surface area (TPSA) is 62.2 Å². The first-order chi connectivity index (χ1) is 12.9. The van der Waals surface area contributed by atoms with Crippen molar-refractivity contribution in [3.63, 3.8) is 0 Å². The second-order valence-electron chi connectivity index (χ2n) is 6.29. The van der Waals surface area contributed by atoms with Gasteiger partial charge in [0.2, 0.25) is 23.9 Å². The Morgan fingerprint density at radius 3 is 2.41 bits per heavy atom. The first-order valence-electron chi connectivity index (χ1n) is 8.51. The van der Waals surface area contributed by atoms with E-state index in [1.165, 1.54) is 30.9 Å². The van der Waals surface area contributed by atoms with Gasteiger partial charge in [-0.15, -0.1) is 5.10 Å². The van der Waals surface area contributed by atoms with E-state index in [9.17, 15) is 14.0 Å². The Labute approximate surface area is 156 Å². The molecule has 0 fully saturated rings. The quantitative estimate of drug-likeness (QED) is 0.832. The Kier molecular flexibility index (Phi) is 5.21. The minimum Gasteiger partial charge on any atom is -0.448 e. The van der Waals surface area contributed by atoms with Gasteiger partial charge in [0.15, 0.2) is 0 Å². The normalized spacial score (nSPS) is 15.9. The Morgan fingerprint density at radius 2 is 1.81 bits per heavy atom. The van der Waals surface area contributed by atoms with Crippen LogP contribution in [0.1, 0.15) is 25.0 Å². The van der Waals surface area contributed by atoms with Gasteiger partial charge in [-0.3, -0.25) is 9.59 Å². The fourth-order valence-electron chi connectivity index (χ4n) is 2.80. The SMILES string of the molecule is CC(=O)N(CC1OC(c2ccccc2F)=NN1C(C)=O)c1ccc(C)cc1. The van der Waals surface area contributed by atoms with Crippen molar-refractivity contribution in [3.05, 3.63) is 65.5 Å². The molecular weight excluding hydrogens is 349 g/mol. The van der Waals surface area contributed by atoms with Crippen LogP contribution in [-0.2, 0) is 14.3 Å². The molecule has 0 saturated heterocycles. The molecule has 0 aromatic heterocycles. The fourth-order valence-corrected chi connectivity index (χ4v) is 2.80. The zero-order chi connectivity index (χ0) is 19.6. The molecular formula is C20H20FN3O3. The summed E-state index contributed by atoms with van der Waals surface area (Å²) in [5.74, 6) is -1.05. The molecule has 2 aromatic rings. The van der Waals surface area contributed by atoms with Crippen LogP contribution in [-0.4, -0.2) is 35.5 Å². The molecule has 0 aliphatic carbocycles. The second kappa shape index (κ2) is 7.57. The van der Waals surface area contributed by atoms with Gasteiger partial charge in [-0.2, -0.15) is 5.01 Å². The maximum absolute atomic E-state index is 14.1. The monoisotopic (exact) mass is 369 g/mol. The minimum atomic E-state index is -0.845. The summed E-state index contributed by atoms with van der Waals surface area (Å²) in [7, 11) is 0. The van der Waals surface area contributed by atoms with Crippen molar-refractivity contribution >= 4 is 23.4 Å². The van der Waals surface area contributed by atoms with E-state index in [-0.39, 0.29) is 29.8 Å². The first-order valence-corrected chi connectivity index (χ1v) is 8.51. The number of benzene rings is 2. The molecule has 140 valence electrons. The molecule has 2 amide bonds. The van der Waals surface area contributed by atoms with Crippen LogP contribution < -0.4 is 4.90 Å². The van der Waals surface area contributed by atoms with Crippen molar-refractivity contribution in [1.82, 2.24) is 5.01 Å². The molecule has 0 spiro atoms. The lowest BCUT2D eigenvalue weighted by Crippen LogP contribution is -2.44. The van der Waals surface area contributed by atoms with Crippen molar-refractivity contribution in [1.29, 1.82) is 0 Å². The van der Waals surface area contributed by atoms with E-state index in [0.717, 1.165) is 10.6 Å². The number of aryl methyl sites for hydroxylation is 1. The van der Waals surface area contributed by atoms with Crippen LogP contribution in [0.5, 0.6) is 0 Å². The van der Waals surface area contributed by atoms with Crippen LogP contribution in [0, 0.1) is 12.7 Å². The zero-order valence-electron chi connectivity index (χ0n) is 15.3. The van der Waals surface area contributed by atoms with Gasteiger partial charge in [0.25, 0.3) is 0 Å². The standard InChI is InChI=1S/C20H20FN3O3/c1-13-8-10-16(11-9-13)23(14(2)25)12-19-24(15(3)26)22-20(27-19)17-6-4-5-7-18(17)21/h4-11,19H,12H2,1-3H3. The minimum absolute atomic E-state index is 0.0145. The van der Waals surface area contributed by atoms with Gasteiger partial charge < -0.3 is 9.64 Å². The number of ether oxygens (including phenoxy) is 1. The summed E-state index contributed by atoms with van der Waals surface area (Å²) >= 11 is 0. The second-order valence-corrected chi connectivity index (χ2v) is 6.29. The van der Waals surface area contributed by atoms with E-state index >= 15 is 0 Å². The van der Waals surface area contributed by atoms with Gasteiger partial charge in [-0.05, 0) is 31.2 Å². The number of rotatable bonds is 4. The number of hydrogen-bond donors (Lipinski definition) is 0. The van der Waals surface area contributed by atoms with Gasteiger partial charge in [-0.25, -0.2) is 4.39 Å². The highest BCUT2D eigenvalue weighted by Gasteiger charge is 2.35. The predicted molar refractivity (Wildman–Crippen MR) is 99.5 cm³/mol. The Bertz CT molecular complexity index is 896. The molecule has 1 heterocycles. The third-order valence-electron chi connectivity index (χ3n) is 4.21. The highest BCUT2D eigenvalue weighted by molar-refractivity contribution is 5.97. The summed E-state index contributed by atoms with van der Waals surface area (Å²) in [6.45, 7) is 4.80. The Morgan fingerprint density at radius 1 is 1.15 bits per heavy atom. The molecule has 0 N–H and O–H groups in total. The number of carbonyl (C=O) groups is 2. The van der Waals surface area contributed by atoms with Gasteiger partial charge in [0.05, 0.1) is 12.1 Å². The zero-order valence-corrected chi connectivity index (χ0v) is 15.3. The van der Waals surface area contributed by atoms with Gasteiger partial charge in [0.1, 0.15) is 5.82 Å². The molecule has 3 rings (SSSR count). The van der Waals surface area contributed by atoms with Crippen LogP contribution in [0.3, 0.4) is 0 Å². The molecule has 1 aliphatic heterocycles. The molecule has 0 bridgehead atoms. The summed E-state index contributed by atoms with van der Waals surface area (Å²) in [5.41, 5.74) is 1.91. The van der Waals surface area contributed by atoms with Gasteiger partial charge in [-0.1, -0.05) is 29.8 Å². The van der Waals surface area contributed by atoms with Crippen LogP contribution in [0.2, 0.25) is 0 Å².